The van der Waals surface area contributed by atoms with Crippen molar-refractivity contribution in [3.05, 3.63) is 41.7 Å². The van der Waals surface area contributed by atoms with E-state index >= 15 is 0 Å². The number of nitrogens with zero attached hydrogens (tertiary/aromatic N) is 2. The van der Waals surface area contributed by atoms with Gasteiger partial charge in [0.15, 0.2) is 0 Å². The molecule has 8 nitrogen and oxygen atoms in total. The molecular weight excluding hydrogens is 310 g/mol. The number of rotatable bonds is 6. The highest BCUT2D eigenvalue weighted by Gasteiger charge is 2.21. The molecule has 0 radical (unpaired) electrons. The van der Waals surface area contributed by atoms with Crippen molar-refractivity contribution in [3.8, 4) is 5.75 Å². The van der Waals surface area contributed by atoms with E-state index in [0.29, 0.717) is 22.7 Å². The molecule has 0 saturated carbocycles. The third kappa shape index (κ3) is 3.90. The quantitative estimate of drug-likeness (QED) is 0.726. The largest absolute Gasteiger partial charge is 0.489 e. The SMILES string of the molecule is CC(C)Oc1cc(C(N)=O)ccc1NC(=O)C(N)c1ccnn1C. The van der Waals surface area contributed by atoms with E-state index in [-0.39, 0.29) is 6.10 Å². The Morgan fingerprint density at radius 2 is 2.00 bits per heavy atom. The number of hydrogen-bond acceptors (Lipinski definition) is 5. The number of aryl methyl sites for hydroxylation is 1. The fourth-order valence-corrected chi connectivity index (χ4v) is 2.16. The molecule has 1 atom stereocenters. The maximum atomic E-state index is 12.4. The number of amides is 2. The average Bonchev–Trinajstić information content (AvgIpc) is 2.93. The minimum atomic E-state index is -0.889. The number of ether oxygens (including phenoxy) is 1. The zero-order valence-corrected chi connectivity index (χ0v) is 13.8. The summed E-state index contributed by atoms with van der Waals surface area (Å²) in [6.07, 6.45) is 1.42. The zero-order chi connectivity index (χ0) is 17.9. The third-order valence-electron chi connectivity index (χ3n) is 3.35. The van der Waals surface area contributed by atoms with Crippen molar-refractivity contribution in [2.24, 2.45) is 18.5 Å². The molecule has 0 fully saturated rings. The molecule has 0 aliphatic rings. The Kier molecular flexibility index (Phi) is 5.20. The van der Waals surface area contributed by atoms with Crippen molar-refractivity contribution in [3.63, 3.8) is 0 Å². The first-order valence-corrected chi connectivity index (χ1v) is 7.44. The van der Waals surface area contributed by atoms with E-state index in [1.165, 1.54) is 16.8 Å². The number of nitrogens with one attached hydrogen (secondary N) is 1. The molecule has 1 aromatic carbocycles. The molecule has 2 rings (SSSR count). The Morgan fingerprint density at radius 1 is 1.29 bits per heavy atom. The van der Waals surface area contributed by atoms with Crippen molar-refractivity contribution >= 4 is 17.5 Å². The molecule has 128 valence electrons. The van der Waals surface area contributed by atoms with Crippen LogP contribution in [0.5, 0.6) is 5.75 Å². The van der Waals surface area contributed by atoms with Gasteiger partial charge in [0.25, 0.3) is 0 Å². The molecule has 1 aromatic heterocycles. The summed E-state index contributed by atoms with van der Waals surface area (Å²) in [7, 11) is 1.71. The Hall–Kier alpha value is -2.87. The second kappa shape index (κ2) is 7.14. The van der Waals surface area contributed by atoms with Crippen LogP contribution in [0.2, 0.25) is 0 Å². The highest BCUT2D eigenvalue weighted by molar-refractivity contribution is 5.98. The van der Waals surface area contributed by atoms with Crippen LogP contribution in [-0.2, 0) is 11.8 Å². The summed E-state index contributed by atoms with van der Waals surface area (Å²) in [5, 5.41) is 6.71. The van der Waals surface area contributed by atoms with Crippen LogP contribution in [0, 0.1) is 0 Å². The van der Waals surface area contributed by atoms with Crippen molar-refractivity contribution in [1.82, 2.24) is 9.78 Å². The molecule has 2 aromatic rings. The van der Waals surface area contributed by atoms with Crippen LogP contribution in [0.4, 0.5) is 5.69 Å². The highest BCUT2D eigenvalue weighted by atomic mass is 16.5. The van der Waals surface area contributed by atoms with E-state index in [4.69, 9.17) is 16.2 Å². The van der Waals surface area contributed by atoms with Gasteiger partial charge in [0.05, 0.1) is 17.5 Å². The van der Waals surface area contributed by atoms with Gasteiger partial charge < -0.3 is 21.5 Å². The fourth-order valence-electron chi connectivity index (χ4n) is 2.16. The first kappa shape index (κ1) is 17.5. The Labute approximate surface area is 139 Å². The molecule has 0 bridgehead atoms. The van der Waals surface area contributed by atoms with Crippen LogP contribution >= 0.6 is 0 Å². The summed E-state index contributed by atoms with van der Waals surface area (Å²) in [6, 6.07) is 5.35. The first-order chi connectivity index (χ1) is 11.3. The lowest BCUT2D eigenvalue weighted by Gasteiger charge is -2.17. The lowest BCUT2D eigenvalue weighted by atomic mass is 10.1. The summed E-state index contributed by atoms with van der Waals surface area (Å²) in [4.78, 5) is 23.7. The molecule has 8 heteroatoms. The second-order valence-corrected chi connectivity index (χ2v) is 5.59. The minimum Gasteiger partial charge on any atom is -0.489 e. The Bertz CT molecular complexity index is 754. The maximum absolute atomic E-state index is 12.4. The third-order valence-corrected chi connectivity index (χ3v) is 3.35. The van der Waals surface area contributed by atoms with Gasteiger partial charge in [-0.05, 0) is 38.1 Å². The molecule has 0 aliphatic heterocycles. The molecule has 0 aliphatic carbocycles. The zero-order valence-electron chi connectivity index (χ0n) is 13.8. The van der Waals surface area contributed by atoms with E-state index in [2.05, 4.69) is 10.4 Å². The Balaban J connectivity index is 2.26. The summed E-state index contributed by atoms with van der Waals surface area (Å²) < 4.78 is 7.18. The van der Waals surface area contributed by atoms with E-state index in [0.717, 1.165) is 0 Å². The van der Waals surface area contributed by atoms with Crippen LogP contribution in [0.1, 0.15) is 35.9 Å². The standard InChI is InChI=1S/C16H21N5O3/c1-9(2)24-13-8-10(15(18)22)4-5-11(13)20-16(23)14(17)12-6-7-19-21(12)3/h4-9,14H,17H2,1-3H3,(H2,18,22)(H,20,23). The molecule has 0 saturated heterocycles. The van der Waals surface area contributed by atoms with Gasteiger partial charge in [-0.25, -0.2) is 0 Å². The molecule has 1 heterocycles. The van der Waals surface area contributed by atoms with Gasteiger partial charge in [0, 0.05) is 18.8 Å². The van der Waals surface area contributed by atoms with Gasteiger partial charge in [-0.1, -0.05) is 0 Å². The van der Waals surface area contributed by atoms with E-state index < -0.39 is 17.9 Å². The van der Waals surface area contributed by atoms with E-state index in [9.17, 15) is 9.59 Å². The molecular formula is C16H21N5O3. The van der Waals surface area contributed by atoms with Crippen LogP contribution < -0.4 is 21.5 Å². The summed E-state index contributed by atoms with van der Waals surface area (Å²) in [6.45, 7) is 3.67. The average molecular weight is 331 g/mol. The van der Waals surface area contributed by atoms with E-state index in [1.807, 2.05) is 13.8 Å². The lowest BCUT2D eigenvalue weighted by Crippen LogP contribution is -2.29. The molecule has 2 amide bonds. The smallest absolute Gasteiger partial charge is 0.248 e. The van der Waals surface area contributed by atoms with Crippen molar-refractivity contribution in [1.29, 1.82) is 0 Å². The maximum Gasteiger partial charge on any atom is 0.248 e. The normalized spacial score (nSPS) is 12.0. The van der Waals surface area contributed by atoms with Crippen LogP contribution in [0.15, 0.2) is 30.5 Å². The number of carbonyl (C=O) groups excluding carboxylic acids is 2. The number of hydrogen-bond donors (Lipinski definition) is 3. The molecule has 24 heavy (non-hydrogen) atoms. The number of anilines is 1. The van der Waals surface area contributed by atoms with Crippen molar-refractivity contribution in [2.45, 2.75) is 26.0 Å². The summed E-state index contributed by atoms with van der Waals surface area (Å²) >= 11 is 0. The lowest BCUT2D eigenvalue weighted by molar-refractivity contribution is -0.117. The van der Waals surface area contributed by atoms with Crippen LogP contribution in [0.3, 0.4) is 0 Å². The molecule has 1 unspecified atom stereocenters. The predicted molar refractivity (Wildman–Crippen MR) is 89.5 cm³/mol. The topological polar surface area (TPSA) is 125 Å². The van der Waals surface area contributed by atoms with Gasteiger partial charge in [-0.15, -0.1) is 0 Å². The van der Waals surface area contributed by atoms with Crippen LogP contribution in [-0.4, -0.2) is 27.7 Å². The molecule has 5 N–H and O–H groups in total. The van der Waals surface area contributed by atoms with E-state index in [1.54, 1.807) is 25.4 Å². The number of aromatic nitrogens is 2. The highest BCUT2D eigenvalue weighted by Crippen LogP contribution is 2.28. The van der Waals surface area contributed by atoms with Gasteiger partial charge >= 0.3 is 0 Å². The van der Waals surface area contributed by atoms with Gasteiger partial charge in [-0.3, -0.25) is 14.3 Å². The first-order valence-electron chi connectivity index (χ1n) is 7.44. The number of nitrogens with two attached hydrogens (primary N) is 2. The van der Waals surface area contributed by atoms with Crippen LogP contribution in [0.25, 0.3) is 0 Å². The fraction of sp³-hybridized carbons (Fsp3) is 0.312. The van der Waals surface area contributed by atoms with Crippen molar-refractivity contribution < 1.29 is 14.3 Å². The van der Waals surface area contributed by atoms with Gasteiger partial charge in [-0.2, -0.15) is 5.10 Å². The number of primary amides is 1. The Morgan fingerprint density at radius 3 is 2.54 bits per heavy atom. The molecule has 0 spiro atoms. The van der Waals surface area contributed by atoms with Gasteiger partial charge in [0.1, 0.15) is 11.8 Å². The summed E-state index contributed by atoms with van der Waals surface area (Å²) in [5.41, 5.74) is 12.5. The van der Waals surface area contributed by atoms with Gasteiger partial charge in [0.2, 0.25) is 11.8 Å². The predicted octanol–water partition coefficient (Wildman–Crippen LogP) is 0.945. The monoisotopic (exact) mass is 331 g/mol. The number of carbonyl (C=O) groups is 2. The van der Waals surface area contributed by atoms with Crippen molar-refractivity contribution in [2.75, 3.05) is 5.32 Å². The summed E-state index contributed by atoms with van der Waals surface area (Å²) in [5.74, 6) is -0.640. The second-order valence-electron chi connectivity index (χ2n) is 5.59. The number of benzene rings is 1. The minimum absolute atomic E-state index is 0.144.